The fourth-order valence-electron chi connectivity index (χ4n) is 3.22. The highest BCUT2D eigenvalue weighted by Crippen LogP contribution is 2.14. The van der Waals surface area contributed by atoms with Gasteiger partial charge in [-0.05, 0) is 19.3 Å². The van der Waals surface area contributed by atoms with E-state index in [1.54, 1.807) is 6.26 Å². The summed E-state index contributed by atoms with van der Waals surface area (Å²) in [5, 5.41) is 7.46. The average Bonchev–Trinajstić information content (AvgIpc) is 3.26. The number of nitrogens with zero attached hydrogens (tertiary/aromatic N) is 4. The number of rotatable bonds is 5. The number of guanidine groups is 1. The molecule has 0 spiro atoms. The minimum absolute atomic E-state index is 0. The van der Waals surface area contributed by atoms with Gasteiger partial charge in [0.1, 0.15) is 6.26 Å². The van der Waals surface area contributed by atoms with E-state index in [0.29, 0.717) is 6.10 Å². The molecule has 1 N–H and O–H groups in total. The fraction of sp³-hybridized carbons (Fsp3) is 0.750. The Bertz CT molecular complexity index is 483. The third kappa shape index (κ3) is 5.59. The van der Waals surface area contributed by atoms with Crippen LogP contribution in [0.15, 0.2) is 21.8 Å². The Morgan fingerprint density at radius 1 is 1.38 bits per heavy atom. The molecule has 0 bridgehead atoms. The molecule has 1 atom stereocenters. The number of hydrogen-bond acceptors (Lipinski definition) is 5. The molecule has 1 aromatic rings. The van der Waals surface area contributed by atoms with Crippen molar-refractivity contribution in [2.45, 2.75) is 31.9 Å². The normalized spacial score (nSPS) is 22.5. The first-order valence-electron chi connectivity index (χ1n) is 8.54. The number of halogens is 1. The summed E-state index contributed by atoms with van der Waals surface area (Å²) >= 11 is 0. The molecule has 8 heteroatoms. The van der Waals surface area contributed by atoms with Crippen LogP contribution in [0.4, 0.5) is 0 Å². The Balaban J connectivity index is 0.00000208. The molecule has 1 aromatic heterocycles. The molecule has 0 amide bonds. The van der Waals surface area contributed by atoms with E-state index in [4.69, 9.17) is 9.26 Å². The monoisotopic (exact) mass is 449 g/mol. The van der Waals surface area contributed by atoms with Crippen molar-refractivity contribution in [1.29, 1.82) is 0 Å². The molecule has 0 radical (unpaired) electrons. The quantitative estimate of drug-likeness (QED) is 0.418. The second-order valence-electron chi connectivity index (χ2n) is 6.15. The van der Waals surface area contributed by atoms with E-state index in [2.05, 4.69) is 25.3 Å². The SMILES string of the molecule is CN=C(NCCC1CCCO1)N1CCN(Cc2ccon2)CC1.I. The lowest BCUT2D eigenvalue weighted by molar-refractivity contribution is 0.105. The van der Waals surface area contributed by atoms with Gasteiger partial charge in [0.25, 0.3) is 0 Å². The third-order valence-corrected chi connectivity index (χ3v) is 4.53. The summed E-state index contributed by atoms with van der Waals surface area (Å²) in [6.45, 7) is 6.70. The number of aliphatic imine (C=N–C) groups is 1. The van der Waals surface area contributed by atoms with Crippen molar-refractivity contribution in [3.8, 4) is 0 Å². The summed E-state index contributed by atoms with van der Waals surface area (Å²) in [6, 6.07) is 1.93. The predicted molar refractivity (Wildman–Crippen MR) is 104 cm³/mol. The molecule has 2 fully saturated rings. The molecule has 136 valence electrons. The lowest BCUT2D eigenvalue weighted by atomic mass is 10.2. The molecule has 3 heterocycles. The summed E-state index contributed by atoms with van der Waals surface area (Å²) in [7, 11) is 1.86. The standard InChI is InChI=1S/C16H27N5O2.HI/c1-17-16(18-6-4-15-3-2-11-22-15)21-9-7-20(8-10-21)13-14-5-12-23-19-14;/h5,12,15H,2-4,6-11,13H2,1H3,(H,17,18);1H. The van der Waals surface area contributed by atoms with Crippen molar-refractivity contribution in [2.24, 2.45) is 4.99 Å². The van der Waals surface area contributed by atoms with Crippen LogP contribution in [0.1, 0.15) is 25.0 Å². The van der Waals surface area contributed by atoms with E-state index in [-0.39, 0.29) is 24.0 Å². The van der Waals surface area contributed by atoms with Crippen LogP contribution in [0.5, 0.6) is 0 Å². The van der Waals surface area contributed by atoms with Gasteiger partial charge in [-0.25, -0.2) is 0 Å². The number of piperazine rings is 1. The highest BCUT2D eigenvalue weighted by atomic mass is 127. The zero-order valence-electron chi connectivity index (χ0n) is 14.3. The smallest absolute Gasteiger partial charge is 0.193 e. The minimum Gasteiger partial charge on any atom is -0.378 e. The topological polar surface area (TPSA) is 66.1 Å². The van der Waals surface area contributed by atoms with Gasteiger partial charge in [-0.15, -0.1) is 24.0 Å². The molecule has 3 rings (SSSR count). The van der Waals surface area contributed by atoms with Crippen LogP contribution in [0.2, 0.25) is 0 Å². The maximum absolute atomic E-state index is 5.66. The van der Waals surface area contributed by atoms with Gasteiger partial charge in [0.2, 0.25) is 0 Å². The highest BCUT2D eigenvalue weighted by molar-refractivity contribution is 14.0. The maximum Gasteiger partial charge on any atom is 0.193 e. The Labute approximate surface area is 160 Å². The van der Waals surface area contributed by atoms with E-state index in [0.717, 1.165) is 63.9 Å². The van der Waals surface area contributed by atoms with Crippen molar-refractivity contribution in [1.82, 2.24) is 20.3 Å². The number of hydrogen-bond donors (Lipinski definition) is 1. The van der Waals surface area contributed by atoms with E-state index in [1.807, 2.05) is 13.1 Å². The third-order valence-electron chi connectivity index (χ3n) is 4.53. The van der Waals surface area contributed by atoms with Crippen LogP contribution in [0, 0.1) is 0 Å². The largest absolute Gasteiger partial charge is 0.378 e. The maximum atomic E-state index is 5.66. The van der Waals surface area contributed by atoms with Gasteiger partial charge in [0, 0.05) is 59.0 Å². The Morgan fingerprint density at radius 3 is 2.83 bits per heavy atom. The summed E-state index contributed by atoms with van der Waals surface area (Å²) in [4.78, 5) is 9.15. The fourth-order valence-corrected chi connectivity index (χ4v) is 3.22. The summed E-state index contributed by atoms with van der Waals surface area (Å²) < 4.78 is 10.6. The van der Waals surface area contributed by atoms with Gasteiger partial charge in [-0.2, -0.15) is 0 Å². The van der Waals surface area contributed by atoms with Crippen LogP contribution in [0.25, 0.3) is 0 Å². The van der Waals surface area contributed by atoms with Crippen molar-refractivity contribution < 1.29 is 9.26 Å². The lowest BCUT2D eigenvalue weighted by Gasteiger charge is -2.36. The summed E-state index contributed by atoms with van der Waals surface area (Å²) in [5.74, 6) is 1.00. The molecule has 2 aliphatic heterocycles. The van der Waals surface area contributed by atoms with Gasteiger partial charge in [-0.3, -0.25) is 9.89 Å². The Kier molecular flexibility index (Phi) is 8.26. The van der Waals surface area contributed by atoms with Gasteiger partial charge in [-0.1, -0.05) is 5.16 Å². The molecule has 0 aliphatic carbocycles. The van der Waals surface area contributed by atoms with Crippen LogP contribution in [-0.2, 0) is 11.3 Å². The molecular weight excluding hydrogens is 421 g/mol. The van der Waals surface area contributed by atoms with E-state index >= 15 is 0 Å². The molecule has 2 aliphatic rings. The predicted octanol–water partition coefficient (Wildman–Crippen LogP) is 1.55. The minimum atomic E-state index is 0. The number of nitrogens with one attached hydrogen (secondary N) is 1. The first kappa shape index (κ1) is 19.5. The molecule has 0 saturated carbocycles. The van der Waals surface area contributed by atoms with Gasteiger partial charge >= 0.3 is 0 Å². The van der Waals surface area contributed by atoms with Crippen molar-refractivity contribution in [3.05, 3.63) is 18.0 Å². The van der Waals surface area contributed by atoms with Crippen LogP contribution < -0.4 is 5.32 Å². The van der Waals surface area contributed by atoms with Gasteiger partial charge < -0.3 is 19.5 Å². The van der Waals surface area contributed by atoms with E-state index in [1.165, 1.54) is 12.8 Å². The molecule has 0 aromatic carbocycles. The zero-order valence-corrected chi connectivity index (χ0v) is 16.6. The number of aromatic nitrogens is 1. The molecule has 2 saturated heterocycles. The van der Waals surface area contributed by atoms with Crippen LogP contribution >= 0.6 is 24.0 Å². The van der Waals surface area contributed by atoms with E-state index in [9.17, 15) is 0 Å². The molecular formula is C16H28IN5O2. The van der Waals surface area contributed by atoms with Crippen LogP contribution in [0.3, 0.4) is 0 Å². The lowest BCUT2D eigenvalue weighted by Crippen LogP contribution is -2.52. The zero-order chi connectivity index (χ0) is 15.9. The second-order valence-corrected chi connectivity index (χ2v) is 6.15. The first-order chi connectivity index (χ1) is 11.3. The van der Waals surface area contributed by atoms with Gasteiger partial charge in [0.05, 0.1) is 11.8 Å². The Morgan fingerprint density at radius 2 is 2.21 bits per heavy atom. The van der Waals surface area contributed by atoms with Crippen molar-refractivity contribution in [2.75, 3.05) is 46.4 Å². The van der Waals surface area contributed by atoms with E-state index < -0.39 is 0 Å². The highest BCUT2D eigenvalue weighted by Gasteiger charge is 2.21. The molecule has 24 heavy (non-hydrogen) atoms. The van der Waals surface area contributed by atoms with Crippen molar-refractivity contribution >= 4 is 29.9 Å². The molecule has 7 nitrogen and oxygen atoms in total. The Hall–Kier alpha value is -0.870. The summed E-state index contributed by atoms with van der Waals surface area (Å²) in [5.41, 5.74) is 0.998. The van der Waals surface area contributed by atoms with Gasteiger partial charge in [0.15, 0.2) is 5.96 Å². The molecule has 1 unspecified atom stereocenters. The summed E-state index contributed by atoms with van der Waals surface area (Å²) in [6.07, 6.45) is 5.52. The number of ether oxygens (including phenoxy) is 1. The average molecular weight is 449 g/mol. The van der Waals surface area contributed by atoms with Crippen LogP contribution in [-0.4, -0.2) is 73.4 Å². The first-order valence-corrected chi connectivity index (χ1v) is 8.54. The second kappa shape index (κ2) is 10.2. The van der Waals surface area contributed by atoms with Crippen molar-refractivity contribution in [3.63, 3.8) is 0 Å².